The number of urea groups is 1. The second-order valence-corrected chi connectivity index (χ2v) is 6.91. The van der Waals surface area contributed by atoms with Crippen LogP contribution in [0.25, 0.3) is 0 Å². The van der Waals surface area contributed by atoms with Crippen LogP contribution in [0.3, 0.4) is 0 Å². The molecule has 2 fully saturated rings. The number of allylic oxidation sites excluding steroid dienone is 1. The number of nitrogens with zero attached hydrogens (tertiary/aromatic N) is 1. The molecule has 1 aromatic carbocycles. The zero-order valence-electron chi connectivity index (χ0n) is 14.1. The molecule has 1 atom stereocenters. The number of fused-ring (bicyclic) bond motifs is 3. The number of piperidine rings is 1. The lowest BCUT2D eigenvalue weighted by atomic mass is 9.84. The van der Waals surface area contributed by atoms with Gasteiger partial charge in [-0.15, -0.1) is 0 Å². The molecule has 1 aromatic rings. The van der Waals surface area contributed by atoms with Crippen LogP contribution < -0.4 is 15.4 Å². The van der Waals surface area contributed by atoms with Gasteiger partial charge in [-0.25, -0.2) is 4.79 Å². The molecule has 4 rings (SSSR count). The molecule has 3 N–H and O–H groups in total. The monoisotopic (exact) mass is 329 g/mol. The van der Waals surface area contributed by atoms with Gasteiger partial charge in [-0.05, 0) is 37.6 Å². The van der Waals surface area contributed by atoms with Crippen LogP contribution in [0.1, 0.15) is 36.8 Å². The topological polar surface area (TPSA) is 73.8 Å². The molecular formula is C18H23N3O3. The van der Waals surface area contributed by atoms with Gasteiger partial charge in [0.2, 0.25) is 0 Å². The molecule has 3 heterocycles. The van der Waals surface area contributed by atoms with Crippen LogP contribution in [0.4, 0.5) is 4.79 Å². The number of carbonyl (C=O) groups is 1. The molecule has 2 amide bonds. The zero-order valence-corrected chi connectivity index (χ0v) is 14.1. The van der Waals surface area contributed by atoms with Gasteiger partial charge in [0.25, 0.3) is 0 Å². The van der Waals surface area contributed by atoms with Crippen molar-refractivity contribution in [3.8, 4) is 11.5 Å². The van der Waals surface area contributed by atoms with Gasteiger partial charge < -0.3 is 20.5 Å². The van der Waals surface area contributed by atoms with E-state index in [4.69, 9.17) is 4.74 Å². The summed E-state index contributed by atoms with van der Waals surface area (Å²) >= 11 is 0. The third-order valence-electron chi connectivity index (χ3n) is 5.47. The van der Waals surface area contributed by atoms with Crippen molar-refractivity contribution in [2.45, 2.75) is 37.8 Å². The number of hydrogen-bond acceptors (Lipinski definition) is 4. The minimum absolute atomic E-state index is 0.0327. The Morgan fingerprint density at radius 2 is 2.08 bits per heavy atom. The fourth-order valence-electron chi connectivity index (χ4n) is 4.28. The Morgan fingerprint density at radius 3 is 2.79 bits per heavy atom. The second-order valence-electron chi connectivity index (χ2n) is 6.91. The molecule has 1 unspecified atom stereocenters. The van der Waals surface area contributed by atoms with Crippen molar-refractivity contribution >= 4 is 6.03 Å². The van der Waals surface area contributed by atoms with Crippen molar-refractivity contribution < 1.29 is 14.6 Å². The standard InChI is InChI=1S/C18H23N3O3/c1-11-7-15-18(3-5-19-6-4-18)20-17(23)21(15)10-12-8-13(24-2)9-14(22)16(11)12/h7-9,11,19,22H,3-6,10H2,1-2H3,(H,20,23). The van der Waals surface area contributed by atoms with Gasteiger partial charge in [0.05, 0.1) is 19.2 Å². The summed E-state index contributed by atoms with van der Waals surface area (Å²) in [5.41, 5.74) is 2.59. The fourth-order valence-corrected chi connectivity index (χ4v) is 4.28. The van der Waals surface area contributed by atoms with Crippen LogP contribution in [0.2, 0.25) is 0 Å². The van der Waals surface area contributed by atoms with E-state index >= 15 is 0 Å². The number of methoxy groups -OCH3 is 1. The number of amides is 2. The fraction of sp³-hybridized carbons (Fsp3) is 0.500. The average Bonchev–Trinajstić information content (AvgIpc) is 2.71. The highest BCUT2D eigenvalue weighted by atomic mass is 16.5. The molecule has 0 aliphatic carbocycles. The minimum Gasteiger partial charge on any atom is -0.507 e. The lowest BCUT2D eigenvalue weighted by molar-refractivity contribution is 0.220. The highest BCUT2D eigenvalue weighted by Gasteiger charge is 2.48. The van der Waals surface area contributed by atoms with E-state index < -0.39 is 0 Å². The highest BCUT2D eigenvalue weighted by molar-refractivity contribution is 5.82. The molecule has 0 bridgehead atoms. The van der Waals surface area contributed by atoms with E-state index in [1.807, 2.05) is 11.0 Å². The number of benzene rings is 1. The summed E-state index contributed by atoms with van der Waals surface area (Å²) in [6, 6.07) is 3.51. The summed E-state index contributed by atoms with van der Waals surface area (Å²) in [6.45, 7) is 4.31. The first-order valence-electron chi connectivity index (χ1n) is 8.46. The maximum absolute atomic E-state index is 12.7. The quantitative estimate of drug-likeness (QED) is 0.737. The van der Waals surface area contributed by atoms with Gasteiger partial charge in [0, 0.05) is 23.2 Å². The van der Waals surface area contributed by atoms with Gasteiger partial charge in [-0.1, -0.05) is 13.0 Å². The Balaban J connectivity index is 1.81. The van der Waals surface area contributed by atoms with Crippen LogP contribution in [-0.4, -0.2) is 41.8 Å². The van der Waals surface area contributed by atoms with Crippen LogP contribution in [0, 0.1) is 0 Å². The SMILES string of the molecule is COc1cc(O)c2c(c1)CN1C(=O)NC3(CCNCC3)C1=CC2C. The maximum Gasteiger partial charge on any atom is 0.322 e. The van der Waals surface area contributed by atoms with Crippen LogP contribution >= 0.6 is 0 Å². The van der Waals surface area contributed by atoms with E-state index in [9.17, 15) is 9.90 Å². The Hall–Kier alpha value is -2.21. The summed E-state index contributed by atoms with van der Waals surface area (Å²) in [5, 5.41) is 17.0. The molecular weight excluding hydrogens is 306 g/mol. The number of nitrogens with one attached hydrogen (secondary N) is 2. The van der Waals surface area contributed by atoms with Gasteiger partial charge >= 0.3 is 6.03 Å². The Kier molecular flexibility index (Phi) is 3.46. The summed E-state index contributed by atoms with van der Waals surface area (Å²) in [4.78, 5) is 14.5. The molecule has 3 aliphatic heterocycles. The van der Waals surface area contributed by atoms with Crippen molar-refractivity contribution in [1.29, 1.82) is 0 Å². The van der Waals surface area contributed by atoms with Crippen LogP contribution in [0.15, 0.2) is 23.9 Å². The number of rotatable bonds is 1. The number of phenolic OH excluding ortho intramolecular Hbond substituents is 1. The van der Waals surface area contributed by atoms with Crippen molar-refractivity contribution in [2.75, 3.05) is 20.2 Å². The summed E-state index contributed by atoms with van der Waals surface area (Å²) in [7, 11) is 1.58. The Morgan fingerprint density at radius 1 is 1.33 bits per heavy atom. The summed E-state index contributed by atoms with van der Waals surface area (Å²) in [5.74, 6) is 0.873. The average molecular weight is 329 g/mol. The predicted octanol–water partition coefficient (Wildman–Crippen LogP) is 2.05. The van der Waals surface area contributed by atoms with Crippen molar-refractivity contribution in [1.82, 2.24) is 15.5 Å². The molecule has 128 valence electrons. The molecule has 6 nitrogen and oxygen atoms in total. The molecule has 0 radical (unpaired) electrons. The molecule has 2 saturated heterocycles. The lowest BCUT2D eigenvalue weighted by Gasteiger charge is -2.35. The van der Waals surface area contributed by atoms with E-state index in [1.165, 1.54) is 0 Å². The number of aromatic hydroxyl groups is 1. The number of carbonyl (C=O) groups excluding carboxylic acids is 1. The minimum atomic E-state index is -0.279. The van der Waals surface area contributed by atoms with Gasteiger partial charge in [0.15, 0.2) is 0 Å². The smallest absolute Gasteiger partial charge is 0.322 e. The van der Waals surface area contributed by atoms with Gasteiger partial charge in [-0.2, -0.15) is 0 Å². The third kappa shape index (κ3) is 2.17. The second kappa shape index (κ2) is 5.41. The number of hydrogen-bond donors (Lipinski definition) is 3. The van der Waals surface area contributed by atoms with E-state index in [0.717, 1.165) is 42.8 Å². The van der Waals surface area contributed by atoms with E-state index in [1.54, 1.807) is 13.2 Å². The van der Waals surface area contributed by atoms with Crippen molar-refractivity contribution in [3.63, 3.8) is 0 Å². The zero-order chi connectivity index (χ0) is 16.9. The van der Waals surface area contributed by atoms with Gasteiger partial charge in [0.1, 0.15) is 11.5 Å². The normalized spacial score (nSPS) is 24.8. The van der Waals surface area contributed by atoms with Crippen LogP contribution in [-0.2, 0) is 6.54 Å². The molecule has 24 heavy (non-hydrogen) atoms. The van der Waals surface area contributed by atoms with E-state index in [-0.39, 0.29) is 23.2 Å². The first-order valence-corrected chi connectivity index (χ1v) is 8.46. The van der Waals surface area contributed by atoms with Crippen molar-refractivity contribution in [2.24, 2.45) is 0 Å². The molecule has 0 aromatic heterocycles. The lowest BCUT2D eigenvalue weighted by Crippen LogP contribution is -2.50. The molecule has 0 saturated carbocycles. The number of ether oxygens (including phenoxy) is 1. The first-order chi connectivity index (χ1) is 11.5. The third-order valence-corrected chi connectivity index (χ3v) is 5.47. The van der Waals surface area contributed by atoms with Crippen molar-refractivity contribution in [3.05, 3.63) is 35.0 Å². The molecule has 6 heteroatoms. The highest BCUT2D eigenvalue weighted by Crippen LogP contribution is 2.44. The Bertz CT molecular complexity index is 722. The number of phenols is 1. The van der Waals surface area contributed by atoms with Crippen LogP contribution in [0.5, 0.6) is 11.5 Å². The predicted molar refractivity (Wildman–Crippen MR) is 90.1 cm³/mol. The molecule has 1 spiro atoms. The Labute approximate surface area is 141 Å². The van der Waals surface area contributed by atoms with E-state index in [0.29, 0.717) is 12.3 Å². The van der Waals surface area contributed by atoms with Gasteiger partial charge in [-0.3, -0.25) is 4.90 Å². The first kappa shape index (κ1) is 15.3. The summed E-state index contributed by atoms with van der Waals surface area (Å²) in [6.07, 6.45) is 3.92. The molecule has 3 aliphatic rings. The largest absolute Gasteiger partial charge is 0.507 e. The maximum atomic E-state index is 12.7. The summed E-state index contributed by atoms with van der Waals surface area (Å²) < 4.78 is 5.28. The van der Waals surface area contributed by atoms with E-state index in [2.05, 4.69) is 23.6 Å².